The van der Waals surface area contributed by atoms with Gasteiger partial charge in [0, 0.05) is 17.2 Å². The number of carbonyl (C=O) groups excluding carboxylic acids is 1. The molecule has 1 aliphatic carbocycles. The van der Waals surface area contributed by atoms with Crippen molar-refractivity contribution in [2.24, 2.45) is 0 Å². The van der Waals surface area contributed by atoms with E-state index in [1.807, 2.05) is 0 Å². The molecule has 1 aromatic rings. The van der Waals surface area contributed by atoms with Crippen LogP contribution < -0.4 is 5.32 Å². The number of aromatic nitrogens is 1. The largest absolute Gasteiger partial charge is 0.388 e. The van der Waals surface area contributed by atoms with Crippen molar-refractivity contribution in [3.05, 3.63) is 28.5 Å². The van der Waals surface area contributed by atoms with Gasteiger partial charge in [-0.05, 0) is 40.9 Å². The summed E-state index contributed by atoms with van der Waals surface area (Å²) in [5.74, 6) is -0.245. The van der Waals surface area contributed by atoms with Crippen molar-refractivity contribution in [2.45, 2.75) is 44.1 Å². The highest BCUT2D eigenvalue weighted by atomic mass is 79.9. The fourth-order valence-corrected chi connectivity index (χ4v) is 2.88. The second-order valence-corrected chi connectivity index (χ2v) is 6.01. The van der Waals surface area contributed by atoms with Crippen LogP contribution in [0.25, 0.3) is 0 Å². The minimum Gasteiger partial charge on any atom is -0.388 e. The summed E-state index contributed by atoms with van der Waals surface area (Å²) in [7, 11) is 0. The molecular weight excluding hydrogens is 308 g/mol. The Kier molecular flexibility index (Phi) is 4.93. The number of amides is 1. The van der Waals surface area contributed by atoms with Gasteiger partial charge in [-0.1, -0.05) is 25.7 Å². The molecule has 0 atom stereocenters. The van der Waals surface area contributed by atoms with E-state index < -0.39 is 5.60 Å². The Hall–Kier alpha value is -0.940. The van der Waals surface area contributed by atoms with Crippen LogP contribution in [0.2, 0.25) is 0 Å². The summed E-state index contributed by atoms with van der Waals surface area (Å²) < 4.78 is 0.667. The third-order valence-corrected chi connectivity index (χ3v) is 4.23. The predicted molar refractivity (Wildman–Crippen MR) is 76.9 cm³/mol. The van der Waals surface area contributed by atoms with Crippen LogP contribution in [0.5, 0.6) is 0 Å². The normalized spacial score (nSPS) is 18.6. The number of hydrogen-bond acceptors (Lipinski definition) is 3. The van der Waals surface area contributed by atoms with Crippen molar-refractivity contribution in [1.82, 2.24) is 10.3 Å². The zero-order valence-electron chi connectivity index (χ0n) is 10.9. The molecule has 0 saturated heterocycles. The molecule has 1 saturated carbocycles. The lowest BCUT2D eigenvalue weighted by molar-refractivity contribution is 0.0245. The number of nitrogens with zero attached hydrogens (tertiary/aromatic N) is 1. The van der Waals surface area contributed by atoms with Gasteiger partial charge >= 0.3 is 0 Å². The van der Waals surface area contributed by atoms with Crippen LogP contribution in [0.15, 0.2) is 22.8 Å². The quantitative estimate of drug-likeness (QED) is 0.839. The standard InChI is InChI=1S/C14H19BrN2O2/c15-11-6-5-9-16-12(11)13(18)17-10-14(19)7-3-1-2-4-8-14/h5-6,9,19H,1-4,7-8,10H2,(H,17,18). The van der Waals surface area contributed by atoms with Crippen molar-refractivity contribution in [2.75, 3.05) is 6.54 Å². The lowest BCUT2D eigenvalue weighted by Crippen LogP contribution is -2.42. The van der Waals surface area contributed by atoms with Gasteiger partial charge in [-0.15, -0.1) is 0 Å². The van der Waals surface area contributed by atoms with E-state index in [0.717, 1.165) is 25.7 Å². The van der Waals surface area contributed by atoms with Crippen molar-refractivity contribution in [3.8, 4) is 0 Å². The van der Waals surface area contributed by atoms with E-state index in [-0.39, 0.29) is 5.91 Å². The summed E-state index contributed by atoms with van der Waals surface area (Å²) >= 11 is 3.30. The molecule has 1 fully saturated rings. The molecule has 0 aromatic carbocycles. The second kappa shape index (κ2) is 6.48. The van der Waals surface area contributed by atoms with Gasteiger partial charge in [0.05, 0.1) is 5.60 Å². The summed E-state index contributed by atoms with van der Waals surface area (Å²) in [6.45, 7) is 0.300. The zero-order valence-corrected chi connectivity index (χ0v) is 12.4. The molecule has 0 unspecified atom stereocenters. The van der Waals surface area contributed by atoms with Crippen LogP contribution in [0.1, 0.15) is 49.0 Å². The second-order valence-electron chi connectivity index (χ2n) is 5.16. The Labute approximate surface area is 121 Å². The highest BCUT2D eigenvalue weighted by molar-refractivity contribution is 9.10. The molecule has 0 radical (unpaired) electrons. The van der Waals surface area contributed by atoms with Crippen LogP contribution in [0, 0.1) is 0 Å². The lowest BCUT2D eigenvalue weighted by Gasteiger charge is -2.26. The average Bonchev–Trinajstić information content (AvgIpc) is 2.62. The van der Waals surface area contributed by atoms with Crippen LogP contribution in [-0.2, 0) is 0 Å². The minimum atomic E-state index is -0.757. The van der Waals surface area contributed by atoms with Crippen LogP contribution in [0.3, 0.4) is 0 Å². The number of rotatable bonds is 3. The van der Waals surface area contributed by atoms with Gasteiger partial charge in [0.15, 0.2) is 0 Å². The summed E-state index contributed by atoms with van der Waals surface area (Å²) in [6, 6.07) is 3.54. The van der Waals surface area contributed by atoms with E-state index in [4.69, 9.17) is 0 Å². The fraction of sp³-hybridized carbons (Fsp3) is 0.571. The summed E-state index contributed by atoms with van der Waals surface area (Å²) in [5.41, 5.74) is -0.396. The Morgan fingerprint density at radius 2 is 2.05 bits per heavy atom. The highest BCUT2D eigenvalue weighted by Gasteiger charge is 2.28. The molecule has 0 spiro atoms. The van der Waals surface area contributed by atoms with Gasteiger partial charge in [-0.3, -0.25) is 4.79 Å². The maximum absolute atomic E-state index is 12.0. The highest BCUT2D eigenvalue weighted by Crippen LogP contribution is 2.26. The summed E-state index contributed by atoms with van der Waals surface area (Å²) in [4.78, 5) is 16.1. The average molecular weight is 327 g/mol. The molecule has 19 heavy (non-hydrogen) atoms. The van der Waals surface area contributed by atoms with E-state index >= 15 is 0 Å². The topological polar surface area (TPSA) is 62.2 Å². The lowest BCUT2D eigenvalue weighted by atomic mass is 9.94. The first-order valence-electron chi connectivity index (χ1n) is 6.72. The van der Waals surface area contributed by atoms with Crippen molar-refractivity contribution < 1.29 is 9.90 Å². The van der Waals surface area contributed by atoms with Crippen molar-refractivity contribution in [1.29, 1.82) is 0 Å². The molecule has 2 rings (SSSR count). The summed E-state index contributed by atoms with van der Waals surface area (Å²) in [5, 5.41) is 13.3. The van der Waals surface area contributed by atoms with Gasteiger partial charge in [-0.2, -0.15) is 0 Å². The van der Waals surface area contributed by atoms with Gasteiger partial charge in [0.1, 0.15) is 5.69 Å². The van der Waals surface area contributed by atoms with Crippen LogP contribution >= 0.6 is 15.9 Å². The summed E-state index contributed by atoms with van der Waals surface area (Å²) in [6.07, 6.45) is 7.50. The van der Waals surface area contributed by atoms with Gasteiger partial charge in [0.25, 0.3) is 5.91 Å². The molecule has 1 heterocycles. The van der Waals surface area contributed by atoms with E-state index in [0.29, 0.717) is 16.7 Å². The first-order valence-corrected chi connectivity index (χ1v) is 7.51. The number of carbonyl (C=O) groups is 1. The Morgan fingerprint density at radius 3 is 2.68 bits per heavy atom. The van der Waals surface area contributed by atoms with Crippen LogP contribution in [0.4, 0.5) is 0 Å². The molecule has 104 valence electrons. The van der Waals surface area contributed by atoms with Crippen molar-refractivity contribution in [3.63, 3.8) is 0 Å². The molecule has 5 heteroatoms. The third-order valence-electron chi connectivity index (χ3n) is 3.59. The molecule has 1 aromatic heterocycles. The SMILES string of the molecule is O=C(NCC1(O)CCCCCC1)c1ncccc1Br. The monoisotopic (exact) mass is 326 g/mol. The smallest absolute Gasteiger partial charge is 0.271 e. The number of halogens is 1. The van der Waals surface area contributed by atoms with E-state index in [2.05, 4.69) is 26.2 Å². The van der Waals surface area contributed by atoms with E-state index in [1.165, 1.54) is 12.8 Å². The molecule has 1 amide bonds. The number of aliphatic hydroxyl groups is 1. The Morgan fingerprint density at radius 1 is 1.37 bits per heavy atom. The Bertz CT molecular complexity index is 443. The van der Waals surface area contributed by atoms with Crippen LogP contribution in [-0.4, -0.2) is 28.1 Å². The third kappa shape index (κ3) is 4.01. The maximum atomic E-state index is 12.0. The van der Waals surface area contributed by atoms with E-state index in [1.54, 1.807) is 18.3 Å². The number of hydrogen-bond donors (Lipinski definition) is 2. The van der Waals surface area contributed by atoms with Crippen molar-refractivity contribution >= 4 is 21.8 Å². The van der Waals surface area contributed by atoms with Gasteiger partial charge in [0.2, 0.25) is 0 Å². The first-order chi connectivity index (χ1) is 9.11. The Balaban J connectivity index is 1.94. The molecule has 1 aliphatic rings. The van der Waals surface area contributed by atoms with Gasteiger partial charge in [-0.25, -0.2) is 4.98 Å². The number of nitrogens with one attached hydrogen (secondary N) is 1. The molecule has 0 aliphatic heterocycles. The number of pyridine rings is 1. The minimum absolute atomic E-state index is 0.245. The van der Waals surface area contributed by atoms with E-state index in [9.17, 15) is 9.90 Å². The molecule has 4 nitrogen and oxygen atoms in total. The predicted octanol–water partition coefficient (Wildman–Crippen LogP) is 2.66. The molecule has 2 N–H and O–H groups in total. The maximum Gasteiger partial charge on any atom is 0.271 e. The fourth-order valence-electron chi connectivity index (χ4n) is 2.44. The zero-order chi connectivity index (χ0) is 13.7. The molecule has 0 bridgehead atoms. The first kappa shape index (κ1) is 14.5. The van der Waals surface area contributed by atoms with Gasteiger partial charge < -0.3 is 10.4 Å². The molecular formula is C14H19BrN2O2.